The van der Waals surface area contributed by atoms with Gasteiger partial charge in [0.25, 0.3) is 0 Å². The fourth-order valence-electron chi connectivity index (χ4n) is 2.57. The Morgan fingerprint density at radius 3 is 2.32 bits per heavy atom. The van der Waals surface area contributed by atoms with E-state index in [2.05, 4.69) is 51.1 Å². The molecule has 19 heavy (non-hydrogen) atoms. The summed E-state index contributed by atoms with van der Waals surface area (Å²) in [6.45, 7) is 6.91. The van der Waals surface area contributed by atoms with Crippen LogP contribution in [0.5, 0.6) is 5.75 Å². The van der Waals surface area contributed by atoms with Crippen LogP contribution in [0.4, 0.5) is 0 Å². The lowest BCUT2D eigenvalue weighted by molar-refractivity contribution is 0.416. The van der Waals surface area contributed by atoms with Crippen molar-refractivity contribution < 1.29 is 4.74 Å². The van der Waals surface area contributed by atoms with Crippen LogP contribution < -0.4 is 10.5 Å². The van der Waals surface area contributed by atoms with E-state index < -0.39 is 0 Å². The van der Waals surface area contributed by atoms with Crippen molar-refractivity contribution in [3.8, 4) is 16.9 Å². The summed E-state index contributed by atoms with van der Waals surface area (Å²) >= 11 is 0. The molecule has 2 rings (SSSR count). The Kier molecular flexibility index (Phi) is 3.91. The number of hydrogen-bond acceptors (Lipinski definition) is 2. The predicted molar refractivity (Wildman–Crippen MR) is 80.5 cm³/mol. The highest BCUT2D eigenvalue weighted by atomic mass is 16.5. The third-order valence-corrected chi connectivity index (χ3v) is 3.46. The summed E-state index contributed by atoms with van der Waals surface area (Å²) < 4.78 is 5.55. The summed E-state index contributed by atoms with van der Waals surface area (Å²) in [7, 11) is 1.72. The van der Waals surface area contributed by atoms with E-state index in [1.807, 2.05) is 0 Å². The molecule has 0 aliphatic heterocycles. The molecule has 2 nitrogen and oxygen atoms in total. The second-order valence-corrected chi connectivity index (χ2v) is 5.01. The molecule has 0 amide bonds. The van der Waals surface area contributed by atoms with Crippen LogP contribution in [0.15, 0.2) is 30.3 Å². The zero-order valence-electron chi connectivity index (χ0n) is 12.1. The van der Waals surface area contributed by atoms with Gasteiger partial charge in [-0.05, 0) is 54.7 Å². The van der Waals surface area contributed by atoms with Gasteiger partial charge in [0, 0.05) is 12.1 Å². The Morgan fingerprint density at radius 1 is 1.00 bits per heavy atom. The van der Waals surface area contributed by atoms with Gasteiger partial charge in [0.15, 0.2) is 0 Å². The zero-order chi connectivity index (χ0) is 14.0. The molecule has 2 aromatic carbocycles. The first-order valence-corrected chi connectivity index (χ1v) is 6.52. The lowest BCUT2D eigenvalue weighted by Gasteiger charge is -2.16. The van der Waals surface area contributed by atoms with Crippen molar-refractivity contribution in [2.45, 2.75) is 27.3 Å². The maximum Gasteiger partial charge on any atom is 0.127 e. The van der Waals surface area contributed by atoms with Crippen LogP contribution in [0, 0.1) is 20.8 Å². The molecule has 0 saturated carbocycles. The van der Waals surface area contributed by atoms with Gasteiger partial charge in [-0.3, -0.25) is 0 Å². The van der Waals surface area contributed by atoms with Crippen LogP contribution in [-0.2, 0) is 6.54 Å². The lowest BCUT2D eigenvalue weighted by atomic mass is 9.93. The minimum Gasteiger partial charge on any atom is -0.496 e. The highest BCUT2D eigenvalue weighted by molar-refractivity contribution is 5.77. The molecule has 0 aliphatic rings. The van der Waals surface area contributed by atoms with E-state index in [1.165, 1.54) is 27.8 Å². The lowest BCUT2D eigenvalue weighted by Crippen LogP contribution is -1.98. The molecule has 0 atom stereocenters. The maximum absolute atomic E-state index is 5.69. The van der Waals surface area contributed by atoms with Crippen molar-refractivity contribution in [3.63, 3.8) is 0 Å². The second kappa shape index (κ2) is 5.45. The van der Waals surface area contributed by atoms with Crippen LogP contribution in [0.3, 0.4) is 0 Å². The number of rotatable bonds is 3. The van der Waals surface area contributed by atoms with Crippen molar-refractivity contribution in [3.05, 3.63) is 52.6 Å². The molecule has 0 spiro atoms. The van der Waals surface area contributed by atoms with Crippen LogP contribution in [-0.4, -0.2) is 7.11 Å². The Bertz CT molecular complexity index is 602. The molecule has 0 aliphatic carbocycles. The van der Waals surface area contributed by atoms with Crippen LogP contribution >= 0.6 is 0 Å². The van der Waals surface area contributed by atoms with Crippen LogP contribution in [0.25, 0.3) is 11.1 Å². The molecule has 0 saturated heterocycles. The van der Waals surface area contributed by atoms with Gasteiger partial charge in [-0.1, -0.05) is 24.3 Å². The number of methoxy groups -OCH3 is 1. The average molecular weight is 255 g/mol. The van der Waals surface area contributed by atoms with Crippen molar-refractivity contribution in [1.29, 1.82) is 0 Å². The molecule has 0 bridgehead atoms. The molecule has 0 heterocycles. The number of benzene rings is 2. The SMILES string of the molecule is COc1cc(C)cc(C)c1-c1ccc(CN)cc1C. The summed E-state index contributed by atoms with van der Waals surface area (Å²) in [5.41, 5.74) is 12.9. The van der Waals surface area contributed by atoms with Gasteiger partial charge in [0.1, 0.15) is 5.75 Å². The molecule has 0 radical (unpaired) electrons. The molecular formula is C17H21NO. The van der Waals surface area contributed by atoms with Gasteiger partial charge < -0.3 is 10.5 Å². The Hall–Kier alpha value is -1.80. The molecule has 100 valence electrons. The summed E-state index contributed by atoms with van der Waals surface area (Å²) in [5, 5.41) is 0. The summed E-state index contributed by atoms with van der Waals surface area (Å²) in [5.74, 6) is 0.932. The highest BCUT2D eigenvalue weighted by Crippen LogP contribution is 2.36. The first-order valence-electron chi connectivity index (χ1n) is 6.52. The van der Waals surface area contributed by atoms with Crippen molar-refractivity contribution in [2.24, 2.45) is 5.73 Å². The largest absolute Gasteiger partial charge is 0.496 e. The number of ether oxygens (including phenoxy) is 1. The van der Waals surface area contributed by atoms with Gasteiger partial charge in [-0.25, -0.2) is 0 Å². The van der Waals surface area contributed by atoms with Gasteiger partial charge in [-0.15, -0.1) is 0 Å². The first kappa shape index (κ1) is 13.6. The maximum atomic E-state index is 5.69. The van der Waals surface area contributed by atoms with Crippen molar-refractivity contribution >= 4 is 0 Å². The summed E-state index contributed by atoms with van der Waals surface area (Å²) in [6.07, 6.45) is 0. The standard InChI is InChI=1S/C17H21NO/c1-11-7-13(3)17(16(8-11)19-4)15-6-5-14(10-18)9-12(15)2/h5-9H,10,18H2,1-4H3. The number of nitrogens with two attached hydrogens (primary N) is 1. The molecular weight excluding hydrogens is 234 g/mol. The van der Waals surface area contributed by atoms with Crippen LogP contribution in [0.1, 0.15) is 22.3 Å². The smallest absolute Gasteiger partial charge is 0.127 e. The van der Waals surface area contributed by atoms with E-state index >= 15 is 0 Å². The van der Waals surface area contributed by atoms with Crippen LogP contribution in [0.2, 0.25) is 0 Å². The molecule has 0 aromatic heterocycles. The van der Waals surface area contributed by atoms with Gasteiger partial charge in [-0.2, -0.15) is 0 Å². The number of aryl methyl sites for hydroxylation is 3. The first-order chi connectivity index (χ1) is 9.06. The van der Waals surface area contributed by atoms with E-state index in [-0.39, 0.29) is 0 Å². The molecule has 2 N–H and O–H groups in total. The normalized spacial score (nSPS) is 10.6. The van der Waals surface area contributed by atoms with E-state index in [0.717, 1.165) is 11.3 Å². The highest BCUT2D eigenvalue weighted by Gasteiger charge is 2.12. The third-order valence-electron chi connectivity index (χ3n) is 3.46. The topological polar surface area (TPSA) is 35.2 Å². The van der Waals surface area contributed by atoms with Gasteiger partial charge in [0.2, 0.25) is 0 Å². The fraction of sp³-hybridized carbons (Fsp3) is 0.294. The van der Waals surface area contributed by atoms with E-state index in [0.29, 0.717) is 6.54 Å². The second-order valence-electron chi connectivity index (χ2n) is 5.01. The zero-order valence-corrected chi connectivity index (χ0v) is 12.1. The van der Waals surface area contributed by atoms with Crippen molar-refractivity contribution in [1.82, 2.24) is 0 Å². The molecule has 0 unspecified atom stereocenters. The summed E-state index contributed by atoms with van der Waals surface area (Å²) in [6, 6.07) is 10.6. The fourth-order valence-corrected chi connectivity index (χ4v) is 2.57. The van der Waals surface area contributed by atoms with Gasteiger partial charge >= 0.3 is 0 Å². The minimum atomic E-state index is 0.575. The minimum absolute atomic E-state index is 0.575. The molecule has 2 aromatic rings. The third kappa shape index (κ3) is 2.64. The van der Waals surface area contributed by atoms with E-state index in [1.54, 1.807) is 7.11 Å². The summed E-state index contributed by atoms with van der Waals surface area (Å²) in [4.78, 5) is 0. The Morgan fingerprint density at radius 2 is 1.74 bits per heavy atom. The van der Waals surface area contributed by atoms with Crippen molar-refractivity contribution in [2.75, 3.05) is 7.11 Å². The molecule has 0 fully saturated rings. The predicted octanol–water partition coefficient (Wildman–Crippen LogP) is 3.75. The van der Waals surface area contributed by atoms with Gasteiger partial charge in [0.05, 0.1) is 7.11 Å². The Labute approximate surface area is 115 Å². The Balaban J connectivity index is 2.64. The van der Waals surface area contributed by atoms with E-state index in [9.17, 15) is 0 Å². The van der Waals surface area contributed by atoms with E-state index in [4.69, 9.17) is 10.5 Å². The monoisotopic (exact) mass is 255 g/mol. The average Bonchev–Trinajstić information content (AvgIpc) is 2.38. The number of hydrogen-bond donors (Lipinski definition) is 1. The quantitative estimate of drug-likeness (QED) is 0.906. The molecule has 2 heteroatoms.